The summed E-state index contributed by atoms with van der Waals surface area (Å²) in [6.07, 6.45) is 52.9. The molecule has 0 heterocycles. The summed E-state index contributed by atoms with van der Waals surface area (Å²) in [7, 11) is -9.91. The quantitative estimate of drug-likeness (QED) is 0.0269. The molecule has 0 aromatic carbocycles. The summed E-state index contributed by atoms with van der Waals surface area (Å²) in [4.78, 5) is 43.6. The Morgan fingerprint density at radius 1 is 0.456 bits per heavy atom. The van der Waals surface area contributed by atoms with Crippen LogP contribution in [0, 0.1) is 0 Å². The average molecular weight is 837 g/mol. The van der Waals surface area contributed by atoms with Crippen molar-refractivity contribution in [1.29, 1.82) is 0 Å². The van der Waals surface area contributed by atoms with Gasteiger partial charge < -0.3 is 20.4 Å². The second-order valence-electron chi connectivity index (χ2n) is 13.3. The molecule has 0 spiro atoms. The number of carbonyl (C=O) groups is 2. The van der Waals surface area contributed by atoms with Crippen molar-refractivity contribution in [3.8, 4) is 0 Å². The molecule has 57 heavy (non-hydrogen) atoms. The summed E-state index contributed by atoms with van der Waals surface area (Å²) in [6, 6.07) is 0. The van der Waals surface area contributed by atoms with E-state index in [1.165, 1.54) is 38.5 Å². The number of hydrogen-bond donors (Lipinski definition) is 4. The fourth-order valence-electron chi connectivity index (χ4n) is 4.94. The Morgan fingerprint density at radius 2 is 0.737 bits per heavy atom. The number of hydrogen-bond acceptors (Lipinski definition) is 7. The molecule has 0 aliphatic heterocycles. The molecule has 324 valence electrons. The number of amides is 2. The van der Waals surface area contributed by atoms with E-state index in [2.05, 4.69) is 123 Å². The molecule has 0 rings (SSSR count). The van der Waals surface area contributed by atoms with Gasteiger partial charge in [-0.3, -0.25) is 18.6 Å². The van der Waals surface area contributed by atoms with Crippen molar-refractivity contribution in [2.45, 2.75) is 142 Å². The Kier molecular flexibility index (Phi) is 37.9. The molecule has 0 bridgehead atoms. The van der Waals surface area contributed by atoms with Crippen LogP contribution in [-0.2, 0) is 32.1 Å². The molecule has 11 nitrogen and oxygen atoms in total. The van der Waals surface area contributed by atoms with E-state index in [0.29, 0.717) is 12.8 Å². The van der Waals surface area contributed by atoms with Crippen LogP contribution in [0.4, 0.5) is 0 Å². The van der Waals surface area contributed by atoms with Gasteiger partial charge in [0, 0.05) is 25.9 Å². The maximum atomic E-state index is 12.1. The lowest BCUT2D eigenvalue weighted by atomic mass is 10.2. The van der Waals surface area contributed by atoms with Gasteiger partial charge in [0.25, 0.3) is 0 Å². The summed E-state index contributed by atoms with van der Waals surface area (Å²) in [5, 5.41) is 5.12. The molecule has 0 saturated heterocycles. The lowest BCUT2D eigenvalue weighted by Crippen LogP contribution is -2.27. The highest BCUT2D eigenvalue weighted by Crippen LogP contribution is 2.60. The van der Waals surface area contributed by atoms with Crippen molar-refractivity contribution in [2.75, 3.05) is 26.3 Å². The van der Waals surface area contributed by atoms with E-state index >= 15 is 0 Å². The number of phosphoric acid groups is 2. The van der Waals surface area contributed by atoms with Gasteiger partial charge in [-0.1, -0.05) is 137 Å². The minimum absolute atomic E-state index is 0.0951. The highest BCUT2D eigenvalue weighted by Gasteiger charge is 2.35. The van der Waals surface area contributed by atoms with Crippen LogP contribution in [0.5, 0.6) is 0 Å². The number of nitrogens with one attached hydrogen (secondary N) is 2. The van der Waals surface area contributed by atoms with Gasteiger partial charge in [0.1, 0.15) is 0 Å². The molecule has 0 radical (unpaired) electrons. The topological polar surface area (TPSA) is 160 Å². The maximum Gasteiger partial charge on any atom is 0.481 e. The largest absolute Gasteiger partial charge is 0.481 e. The second kappa shape index (κ2) is 39.9. The van der Waals surface area contributed by atoms with Crippen molar-refractivity contribution in [3.63, 3.8) is 0 Å². The molecule has 13 heteroatoms. The fourth-order valence-corrected chi connectivity index (χ4v) is 7.00. The van der Waals surface area contributed by atoms with Crippen molar-refractivity contribution in [1.82, 2.24) is 10.6 Å². The van der Waals surface area contributed by atoms with Crippen molar-refractivity contribution < 1.29 is 41.9 Å². The highest BCUT2D eigenvalue weighted by atomic mass is 31.3. The highest BCUT2D eigenvalue weighted by molar-refractivity contribution is 7.61. The smallest absolute Gasteiger partial charge is 0.354 e. The van der Waals surface area contributed by atoms with Crippen molar-refractivity contribution >= 4 is 27.5 Å². The van der Waals surface area contributed by atoms with Crippen LogP contribution in [0.2, 0.25) is 0 Å². The SMILES string of the molecule is CCCCCC=CCC=CCC=CC/C=C\CCCC(=O)NCCOP(=O)(O)OP(=O)(O)OCCNC(=O)CCC/C=C\C/C=C\C/C=C\C/C=C\CCCCC. The van der Waals surface area contributed by atoms with E-state index in [0.717, 1.165) is 64.2 Å². The molecule has 0 saturated carbocycles. The van der Waals surface area contributed by atoms with E-state index in [1.54, 1.807) is 0 Å². The Balaban J connectivity index is 3.89. The van der Waals surface area contributed by atoms with E-state index in [1.807, 2.05) is 12.2 Å². The lowest BCUT2D eigenvalue weighted by Gasteiger charge is -2.16. The van der Waals surface area contributed by atoms with Gasteiger partial charge in [-0.25, -0.2) is 9.13 Å². The molecule has 0 aliphatic rings. The number of phosphoric ester groups is 2. The lowest BCUT2D eigenvalue weighted by molar-refractivity contribution is -0.122. The molecular weight excluding hydrogens is 762 g/mol. The maximum absolute atomic E-state index is 12.1. The van der Waals surface area contributed by atoms with Crippen LogP contribution >= 0.6 is 15.6 Å². The average Bonchev–Trinajstić information content (AvgIpc) is 3.17. The van der Waals surface area contributed by atoms with E-state index in [-0.39, 0.29) is 37.7 Å². The summed E-state index contributed by atoms with van der Waals surface area (Å²) >= 11 is 0. The Bertz CT molecular complexity index is 1250. The van der Waals surface area contributed by atoms with Crippen LogP contribution in [0.3, 0.4) is 0 Å². The van der Waals surface area contributed by atoms with E-state index in [9.17, 15) is 28.5 Å². The number of carbonyl (C=O) groups excluding carboxylic acids is 2. The van der Waals surface area contributed by atoms with Gasteiger partial charge in [0.05, 0.1) is 13.2 Å². The second-order valence-corrected chi connectivity index (χ2v) is 16.4. The molecule has 2 amide bonds. The zero-order valence-electron chi connectivity index (χ0n) is 34.9. The summed E-state index contributed by atoms with van der Waals surface area (Å²) in [6.45, 7) is 3.39. The molecule has 0 aliphatic carbocycles. The third-order valence-corrected chi connectivity index (χ3v) is 10.7. The Morgan fingerprint density at radius 3 is 1.04 bits per heavy atom. The first-order valence-corrected chi connectivity index (χ1v) is 24.0. The van der Waals surface area contributed by atoms with Crippen LogP contribution in [-0.4, -0.2) is 47.9 Å². The molecule has 0 aromatic rings. The van der Waals surface area contributed by atoms with Gasteiger partial charge in [0.2, 0.25) is 11.8 Å². The van der Waals surface area contributed by atoms with Gasteiger partial charge in [-0.15, -0.1) is 0 Å². The van der Waals surface area contributed by atoms with E-state index < -0.39 is 28.9 Å². The van der Waals surface area contributed by atoms with Crippen LogP contribution in [0.1, 0.15) is 142 Å². The minimum atomic E-state index is -4.95. The predicted octanol–water partition coefficient (Wildman–Crippen LogP) is 11.8. The van der Waals surface area contributed by atoms with E-state index in [4.69, 9.17) is 0 Å². The molecule has 2 unspecified atom stereocenters. The number of allylic oxidation sites excluding steroid dienone is 16. The first-order valence-electron chi connectivity index (χ1n) is 21.0. The molecule has 0 aromatic heterocycles. The normalized spacial score (nSPS) is 14.8. The first kappa shape index (κ1) is 54.1. The number of unbranched alkanes of at least 4 members (excludes halogenated alkanes) is 8. The molecule has 4 N–H and O–H groups in total. The first-order chi connectivity index (χ1) is 27.6. The molecule has 0 fully saturated rings. The fraction of sp³-hybridized carbons (Fsp3) is 0.591. The Labute approximate surface area is 344 Å². The van der Waals surface area contributed by atoms with Gasteiger partial charge in [0.15, 0.2) is 0 Å². The van der Waals surface area contributed by atoms with Crippen LogP contribution in [0.15, 0.2) is 97.2 Å². The van der Waals surface area contributed by atoms with Gasteiger partial charge in [-0.05, 0) is 89.9 Å². The minimum Gasteiger partial charge on any atom is -0.354 e. The van der Waals surface area contributed by atoms with Crippen LogP contribution < -0.4 is 10.6 Å². The third kappa shape index (κ3) is 42.5. The monoisotopic (exact) mass is 836 g/mol. The number of rotatable bonds is 38. The summed E-state index contributed by atoms with van der Waals surface area (Å²) in [5.74, 6) is -0.506. The zero-order chi connectivity index (χ0) is 42.0. The molecular formula is C44H74N2O9P2. The summed E-state index contributed by atoms with van der Waals surface area (Å²) < 4.78 is 37.8. The van der Waals surface area contributed by atoms with Crippen molar-refractivity contribution in [2.24, 2.45) is 0 Å². The standard InChI is InChI=1S/C44H74N2O9P2/c1-3-5-7-9-11-13-15-17-19-21-23-25-27-29-31-33-35-37-43(47)45-39-41-53-56(49,50)55-57(51,52)54-42-40-46-44(48)38-36-34-32-30-28-26-24-22-20-18-16-14-12-10-8-6-4-2/h11-14,17-20,23-26,29-32H,3-10,15-16,21-22,27-28,33-42H2,1-2H3,(H,45,47)(H,46,48)(H,49,50)(H,51,52)/b13-11-,14-12?,19-17-,20-18?,25-23-,26-24?,31-29-,32-30-. The molecule has 2 atom stereocenters. The third-order valence-electron chi connectivity index (χ3n) is 8.03. The van der Waals surface area contributed by atoms with Gasteiger partial charge in [-0.2, -0.15) is 4.31 Å². The van der Waals surface area contributed by atoms with Crippen molar-refractivity contribution in [3.05, 3.63) is 97.2 Å². The Hall–Kier alpha value is -2.88. The zero-order valence-corrected chi connectivity index (χ0v) is 36.6. The van der Waals surface area contributed by atoms with Crippen LogP contribution in [0.25, 0.3) is 0 Å². The van der Waals surface area contributed by atoms with Gasteiger partial charge >= 0.3 is 15.6 Å². The predicted molar refractivity (Wildman–Crippen MR) is 235 cm³/mol. The summed E-state index contributed by atoms with van der Waals surface area (Å²) in [5.41, 5.74) is 0.